The van der Waals surface area contributed by atoms with Crippen LogP contribution in [0.3, 0.4) is 0 Å². The molecule has 1 rings (SSSR count). The van der Waals surface area contributed by atoms with Gasteiger partial charge in [0.05, 0.1) is 11.5 Å². The fourth-order valence-electron chi connectivity index (χ4n) is 1.61. The second kappa shape index (κ2) is 8.94. The smallest absolute Gasteiger partial charge is 0.221 e. The summed E-state index contributed by atoms with van der Waals surface area (Å²) in [6.07, 6.45) is 0.207. The van der Waals surface area contributed by atoms with Crippen molar-refractivity contribution in [2.24, 2.45) is 5.73 Å². The van der Waals surface area contributed by atoms with Crippen LogP contribution >= 0.6 is 12.4 Å². The van der Waals surface area contributed by atoms with E-state index in [4.69, 9.17) is 5.73 Å². The number of hydrogen-bond acceptors (Lipinski definition) is 4. The zero-order chi connectivity index (χ0) is 14.3. The van der Waals surface area contributed by atoms with Crippen molar-refractivity contribution >= 4 is 28.2 Å². The molecule has 0 saturated carbocycles. The van der Waals surface area contributed by atoms with E-state index in [-0.39, 0.29) is 48.8 Å². The molecule has 1 aromatic rings. The summed E-state index contributed by atoms with van der Waals surface area (Å²) in [5.41, 5.74) is 6.23. The molecule has 1 amide bonds. The van der Waals surface area contributed by atoms with Crippen LogP contribution in [0.4, 0.5) is 0 Å². The van der Waals surface area contributed by atoms with Crippen LogP contribution in [0, 0.1) is 0 Å². The van der Waals surface area contributed by atoms with Crippen molar-refractivity contribution < 1.29 is 13.2 Å². The molecule has 1 atom stereocenters. The van der Waals surface area contributed by atoms with Gasteiger partial charge in [-0.2, -0.15) is 0 Å². The summed E-state index contributed by atoms with van der Waals surface area (Å²) in [5, 5.41) is 2.56. The van der Waals surface area contributed by atoms with Crippen LogP contribution in [0.1, 0.15) is 18.9 Å². The average Bonchev–Trinajstić information content (AvgIpc) is 2.28. The maximum atomic E-state index is 11.8. The first-order valence-corrected chi connectivity index (χ1v) is 7.98. The fourth-order valence-corrected chi connectivity index (χ4v) is 2.87. The number of hydrogen-bond donors (Lipinski definition) is 2. The van der Waals surface area contributed by atoms with Gasteiger partial charge in [-0.1, -0.05) is 30.3 Å². The van der Waals surface area contributed by atoms with Gasteiger partial charge in [-0.25, -0.2) is 8.42 Å². The van der Waals surface area contributed by atoms with Crippen molar-refractivity contribution in [2.75, 3.05) is 12.3 Å². The van der Waals surface area contributed by atoms with Crippen molar-refractivity contribution in [2.45, 2.75) is 25.1 Å². The predicted octanol–water partition coefficient (Wildman–Crippen LogP) is 0.877. The molecule has 114 valence electrons. The quantitative estimate of drug-likeness (QED) is 0.780. The molecule has 0 fully saturated rings. The number of sulfone groups is 1. The maximum Gasteiger partial charge on any atom is 0.221 e. The van der Waals surface area contributed by atoms with Crippen molar-refractivity contribution in [1.82, 2.24) is 5.32 Å². The van der Waals surface area contributed by atoms with Gasteiger partial charge in [0.15, 0.2) is 9.84 Å². The topological polar surface area (TPSA) is 89.3 Å². The highest BCUT2D eigenvalue weighted by molar-refractivity contribution is 7.90. The van der Waals surface area contributed by atoms with Gasteiger partial charge in [-0.15, -0.1) is 12.4 Å². The molecule has 0 spiro atoms. The van der Waals surface area contributed by atoms with Crippen molar-refractivity contribution in [3.8, 4) is 0 Å². The minimum absolute atomic E-state index is 0. The Kier molecular flexibility index (Phi) is 8.45. The molecule has 3 N–H and O–H groups in total. The van der Waals surface area contributed by atoms with Gasteiger partial charge in [0.25, 0.3) is 0 Å². The Morgan fingerprint density at radius 3 is 2.45 bits per heavy atom. The Labute approximate surface area is 126 Å². The third-order valence-electron chi connectivity index (χ3n) is 2.47. The van der Waals surface area contributed by atoms with Crippen LogP contribution in [0.5, 0.6) is 0 Å². The summed E-state index contributed by atoms with van der Waals surface area (Å²) in [6, 6.07) is 8.76. The predicted molar refractivity (Wildman–Crippen MR) is 82.5 cm³/mol. The highest BCUT2D eigenvalue weighted by Crippen LogP contribution is 2.05. The molecule has 7 heteroatoms. The lowest BCUT2D eigenvalue weighted by Gasteiger charge is -2.08. The van der Waals surface area contributed by atoms with Gasteiger partial charge >= 0.3 is 0 Å². The van der Waals surface area contributed by atoms with Gasteiger partial charge in [-0.3, -0.25) is 4.79 Å². The number of halogens is 1. The van der Waals surface area contributed by atoms with Gasteiger partial charge in [0.1, 0.15) is 0 Å². The molecule has 20 heavy (non-hydrogen) atoms. The van der Waals surface area contributed by atoms with Gasteiger partial charge in [0.2, 0.25) is 5.91 Å². The first kappa shape index (κ1) is 18.9. The second-order valence-electron chi connectivity index (χ2n) is 4.61. The van der Waals surface area contributed by atoms with Crippen molar-refractivity contribution in [3.05, 3.63) is 35.9 Å². The molecule has 5 nitrogen and oxygen atoms in total. The van der Waals surface area contributed by atoms with Crippen LogP contribution in [-0.4, -0.2) is 32.7 Å². The Bertz CT molecular complexity index is 504. The number of carbonyl (C=O) groups excluding carboxylic acids is 1. The highest BCUT2D eigenvalue weighted by Gasteiger charge is 2.12. The Morgan fingerprint density at radius 2 is 1.90 bits per heavy atom. The zero-order valence-electron chi connectivity index (χ0n) is 11.4. The van der Waals surface area contributed by atoms with Crippen LogP contribution < -0.4 is 11.1 Å². The Balaban J connectivity index is 0.00000361. The number of rotatable bonds is 7. The lowest BCUT2D eigenvalue weighted by molar-refractivity contribution is -0.121. The van der Waals surface area contributed by atoms with E-state index in [0.29, 0.717) is 0 Å². The summed E-state index contributed by atoms with van der Waals surface area (Å²) in [4.78, 5) is 11.3. The largest absolute Gasteiger partial charge is 0.355 e. The molecule has 0 heterocycles. The van der Waals surface area contributed by atoms with E-state index in [0.717, 1.165) is 5.56 Å². The molecule has 0 saturated heterocycles. The van der Waals surface area contributed by atoms with Crippen LogP contribution in [0.25, 0.3) is 0 Å². The van der Waals surface area contributed by atoms with Crippen LogP contribution in [0.15, 0.2) is 30.3 Å². The molecule has 0 aliphatic heterocycles. The van der Waals surface area contributed by atoms with Crippen molar-refractivity contribution in [1.29, 1.82) is 0 Å². The van der Waals surface area contributed by atoms with E-state index in [2.05, 4.69) is 5.32 Å². The summed E-state index contributed by atoms with van der Waals surface area (Å²) in [5.74, 6) is -0.284. The molecule has 0 aromatic heterocycles. The van der Waals surface area contributed by atoms with Gasteiger partial charge in [0, 0.05) is 19.0 Å². The minimum Gasteiger partial charge on any atom is -0.355 e. The molecular weight excluding hydrogens is 300 g/mol. The van der Waals surface area contributed by atoms with Gasteiger partial charge in [-0.05, 0) is 12.5 Å². The third kappa shape index (κ3) is 8.14. The van der Waals surface area contributed by atoms with E-state index in [1.165, 1.54) is 0 Å². The summed E-state index contributed by atoms with van der Waals surface area (Å²) in [7, 11) is -3.20. The lowest BCUT2D eigenvalue weighted by atomic mass is 10.2. The molecule has 0 radical (unpaired) electrons. The Hall–Kier alpha value is -1.11. The van der Waals surface area contributed by atoms with E-state index in [1.807, 2.05) is 6.07 Å². The average molecular weight is 321 g/mol. The summed E-state index contributed by atoms with van der Waals surface area (Å²) in [6.45, 7) is 1.85. The number of amides is 1. The standard InChI is InChI=1S/C13H20N2O3S.ClH/c1-11(14)9-13(16)15-7-8-19(17,18)10-12-5-3-2-4-6-12;/h2-6,11H,7-10,14H2,1H3,(H,15,16);1H. The first-order valence-electron chi connectivity index (χ1n) is 6.16. The van der Waals surface area contributed by atoms with E-state index in [1.54, 1.807) is 31.2 Å². The maximum absolute atomic E-state index is 11.8. The number of nitrogens with one attached hydrogen (secondary N) is 1. The monoisotopic (exact) mass is 320 g/mol. The Morgan fingerprint density at radius 1 is 1.30 bits per heavy atom. The molecule has 0 aliphatic carbocycles. The van der Waals surface area contributed by atoms with Gasteiger partial charge < -0.3 is 11.1 Å². The zero-order valence-corrected chi connectivity index (χ0v) is 13.0. The third-order valence-corrected chi connectivity index (χ3v) is 4.07. The van der Waals surface area contributed by atoms with Crippen LogP contribution in [0.2, 0.25) is 0 Å². The highest BCUT2D eigenvalue weighted by atomic mass is 35.5. The molecule has 0 bridgehead atoms. The minimum atomic E-state index is -3.20. The fraction of sp³-hybridized carbons (Fsp3) is 0.462. The summed E-state index contributed by atoms with van der Waals surface area (Å²) >= 11 is 0. The van der Waals surface area contributed by atoms with Crippen molar-refractivity contribution in [3.63, 3.8) is 0 Å². The number of nitrogens with two attached hydrogens (primary N) is 1. The van der Waals surface area contributed by atoms with E-state index < -0.39 is 9.84 Å². The van der Waals surface area contributed by atoms with E-state index in [9.17, 15) is 13.2 Å². The lowest BCUT2D eigenvalue weighted by Crippen LogP contribution is -2.33. The number of carbonyl (C=O) groups is 1. The summed E-state index contributed by atoms with van der Waals surface area (Å²) < 4.78 is 23.7. The second-order valence-corrected chi connectivity index (χ2v) is 6.79. The van der Waals surface area contributed by atoms with E-state index >= 15 is 0 Å². The first-order chi connectivity index (χ1) is 8.89. The molecule has 0 aliphatic rings. The SMILES string of the molecule is CC(N)CC(=O)NCCS(=O)(=O)Cc1ccccc1.Cl. The molecule has 1 aromatic carbocycles. The number of benzene rings is 1. The molecule has 1 unspecified atom stereocenters. The molecular formula is C13H21ClN2O3S. The van der Waals surface area contributed by atoms with Crippen LogP contribution in [-0.2, 0) is 20.4 Å². The normalized spacial score (nSPS) is 12.3.